The van der Waals surface area contributed by atoms with Crippen LogP contribution in [0.2, 0.25) is 0 Å². The molecule has 1 fully saturated rings. The minimum Gasteiger partial charge on any atom is -0.342 e. The highest BCUT2D eigenvalue weighted by atomic mass is 16.2. The van der Waals surface area contributed by atoms with Gasteiger partial charge in [-0.25, -0.2) is 0 Å². The van der Waals surface area contributed by atoms with E-state index in [1.165, 1.54) is 0 Å². The van der Waals surface area contributed by atoms with Gasteiger partial charge in [-0.1, -0.05) is 78.8 Å². The number of benzene rings is 1. The molecule has 8 nitrogen and oxygen atoms in total. The molecule has 0 saturated carbocycles. The van der Waals surface area contributed by atoms with Crippen LogP contribution in [-0.4, -0.2) is 97.9 Å². The van der Waals surface area contributed by atoms with E-state index in [9.17, 15) is 14.4 Å². The van der Waals surface area contributed by atoms with Gasteiger partial charge in [0.15, 0.2) is 0 Å². The Kier molecular flexibility index (Phi) is 11.6. The van der Waals surface area contributed by atoms with Crippen molar-refractivity contribution in [3.63, 3.8) is 0 Å². The SMILES string of the molecule is CN[C@H](C(=O)NC(C(=O)N(C)[C@H](CN(C)CC(=O)N1CCCC1)C(C)C)C(C)(C)C)C(C)(C)c1ccccc1. The van der Waals surface area contributed by atoms with Crippen LogP contribution in [0.1, 0.15) is 66.9 Å². The Bertz CT molecular complexity index is 951. The fourth-order valence-electron chi connectivity index (χ4n) is 5.56. The molecular formula is C31H53N5O3. The van der Waals surface area contributed by atoms with Gasteiger partial charge in [-0.05, 0) is 43.8 Å². The van der Waals surface area contributed by atoms with Crippen molar-refractivity contribution < 1.29 is 14.4 Å². The number of likely N-dealkylation sites (tertiary alicyclic amines) is 1. The van der Waals surface area contributed by atoms with Gasteiger partial charge in [0, 0.05) is 38.1 Å². The zero-order valence-corrected chi connectivity index (χ0v) is 26.0. The second-order valence-corrected chi connectivity index (χ2v) is 13.2. The van der Waals surface area contributed by atoms with Crippen LogP contribution >= 0.6 is 0 Å². The van der Waals surface area contributed by atoms with Crippen LogP contribution in [0.4, 0.5) is 0 Å². The average Bonchev–Trinajstić information content (AvgIpc) is 3.40. The first-order chi connectivity index (χ1) is 18.1. The van der Waals surface area contributed by atoms with E-state index in [0.29, 0.717) is 13.1 Å². The number of carbonyl (C=O) groups excluding carboxylic acids is 3. The van der Waals surface area contributed by atoms with Crippen molar-refractivity contribution in [1.82, 2.24) is 25.3 Å². The van der Waals surface area contributed by atoms with Crippen LogP contribution in [0.15, 0.2) is 30.3 Å². The van der Waals surface area contributed by atoms with Gasteiger partial charge in [-0.2, -0.15) is 0 Å². The normalized spacial score (nSPS) is 16.8. The first-order valence-electron chi connectivity index (χ1n) is 14.4. The lowest BCUT2D eigenvalue weighted by Gasteiger charge is -2.41. The quantitative estimate of drug-likeness (QED) is 0.423. The van der Waals surface area contributed by atoms with Crippen molar-refractivity contribution in [3.05, 3.63) is 35.9 Å². The number of amides is 3. The number of rotatable bonds is 12. The van der Waals surface area contributed by atoms with Crippen molar-refractivity contribution in [2.45, 2.75) is 84.8 Å². The molecule has 0 aliphatic carbocycles. The van der Waals surface area contributed by atoms with Gasteiger partial charge in [0.25, 0.3) is 0 Å². The van der Waals surface area contributed by atoms with Gasteiger partial charge in [0.05, 0.1) is 12.6 Å². The largest absolute Gasteiger partial charge is 0.342 e. The van der Waals surface area contributed by atoms with Crippen LogP contribution in [0, 0.1) is 11.3 Å². The lowest BCUT2D eigenvalue weighted by Crippen LogP contribution is -2.62. The van der Waals surface area contributed by atoms with E-state index in [-0.39, 0.29) is 29.7 Å². The Balaban J connectivity index is 2.20. The maximum absolute atomic E-state index is 14.0. The molecule has 0 aromatic heterocycles. The zero-order valence-electron chi connectivity index (χ0n) is 26.0. The highest BCUT2D eigenvalue weighted by molar-refractivity contribution is 5.91. The summed E-state index contributed by atoms with van der Waals surface area (Å²) >= 11 is 0. The van der Waals surface area contributed by atoms with E-state index < -0.39 is 22.9 Å². The lowest BCUT2D eigenvalue weighted by molar-refractivity contribution is -0.142. The van der Waals surface area contributed by atoms with E-state index in [4.69, 9.17) is 0 Å². The van der Waals surface area contributed by atoms with Crippen molar-refractivity contribution in [2.75, 3.05) is 47.3 Å². The molecule has 1 aliphatic rings. The summed E-state index contributed by atoms with van der Waals surface area (Å²) in [5.74, 6) is -0.0178. The predicted octanol–water partition coefficient (Wildman–Crippen LogP) is 3.12. The molecule has 220 valence electrons. The van der Waals surface area contributed by atoms with Gasteiger partial charge in [-0.15, -0.1) is 0 Å². The molecule has 0 spiro atoms. The molecule has 0 radical (unpaired) electrons. The summed E-state index contributed by atoms with van der Waals surface area (Å²) in [6.45, 7) is 16.8. The Hall–Kier alpha value is -2.45. The minimum atomic E-state index is -0.713. The van der Waals surface area contributed by atoms with Crippen LogP contribution in [0.3, 0.4) is 0 Å². The lowest BCUT2D eigenvalue weighted by atomic mass is 9.76. The van der Waals surface area contributed by atoms with E-state index in [2.05, 4.69) is 24.5 Å². The van der Waals surface area contributed by atoms with Gasteiger partial charge in [0.2, 0.25) is 17.7 Å². The molecular weight excluding hydrogens is 490 g/mol. The molecule has 1 unspecified atom stereocenters. The van der Waals surface area contributed by atoms with Gasteiger partial charge < -0.3 is 20.4 Å². The van der Waals surface area contributed by atoms with Crippen LogP contribution in [0.5, 0.6) is 0 Å². The molecule has 2 N–H and O–H groups in total. The van der Waals surface area contributed by atoms with E-state index >= 15 is 0 Å². The van der Waals surface area contributed by atoms with E-state index in [1.54, 1.807) is 11.9 Å². The summed E-state index contributed by atoms with van der Waals surface area (Å²) in [4.78, 5) is 46.1. The number of carbonyl (C=O) groups is 3. The van der Waals surface area contributed by atoms with E-state index in [0.717, 1.165) is 31.5 Å². The van der Waals surface area contributed by atoms with Crippen LogP contribution in [-0.2, 0) is 19.8 Å². The Labute approximate surface area is 236 Å². The third kappa shape index (κ3) is 8.52. The number of hydrogen-bond donors (Lipinski definition) is 2. The number of nitrogens with one attached hydrogen (secondary N) is 2. The smallest absolute Gasteiger partial charge is 0.245 e. The summed E-state index contributed by atoms with van der Waals surface area (Å²) < 4.78 is 0. The molecule has 1 heterocycles. The average molecular weight is 544 g/mol. The molecule has 1 aromatic carbocycles. The molecule has 0 bridgehead atoms. The van der Waals surface area contributed by atoms with Crippen molar-refractivity contribution >= 4 is 17.7 Å². The topological polar surface area (TPSA) is 85.0 Å². The Morgan fingerprint density at radius 3 is 2.00 bits per heavy atom. The molecule has 1 aliphatic heterocycles. The molecule has 39 heavy (non-hydrogen) atoms. The first-order valence-corrected chi connectivity index (χ1v) is 14.4. The van der Waals surface area contributed by atoms with Gasteiger partial charge >= 0.3 is 0 Å². The predicted molar refractivity (Wildman–Crippen MR) is 158 cm³/mol. The van der Waals surface area contributed by atoms with Gasteiger partial charge in [-0.3, -0.25) is 19.3 Å². The first kappa shape index (κ1) is 32.8. The highest BCUT2D eigenvalue weighted by Gasteiger charge is 2.42. The summed E-state index contributed by atoms with van der Waals surface area (Å²) in [6.07, 6.45) is 2.14. The summed E-state index contributed by atoms with van der Waals surface area (Å²) in [6, 6.07) is 8.59. The number of nitrogens with zero attached hydrogens (tertiary/aromatic N) is 3. The minimum absolute atomic E-state index is 0.114. The summed E-state index contributed by atoms with van der Waals surface area (Å²) in [5, 5.41) is 6.31. The maximum Gasteiger partial charge on any atom is 0.245 e. The fourth-order valence-corrected chi connectivity index (χ4v) is 5.56. The number of hydrogen-bond acceptors (Lipinski definition) is 5. The monoisotopic (exact) mass is 543 g/mol. The third-order valence-corrected chi connectivity index (χ3v) is 8.17. The van der Waals surface area contributed by atoms with E-state index in [1.807, 2.05) is 88.8 Å². The Morgan fingerprint density at radius 1 is 0.949 bits per heavy atom. The second kappa shape index (κ2) is 13.8. The maximum atomic E-state index is 14.0. The molecule has 8 heteroatoms. The van der Waals surface area contributed by atoms with Crippen molar-refractivity contribution in [1.29, 1.82) is 0 Å². The molecule has 3 atom stereocenters. The van der Waals surface area contributed by atoms with Gasteiger partial charge in [0.1, 0.15) is 6.04 Å². The van der Waals surface area contributed by atoms with Crippen LogP contribution < -0.4 is 10.6 Å². The fraction of sp³-hybridized carbons (Fsp3) is 0.710. The molecule has 1 aromatic rings. The molecule has 2 rings (SSSR count). The standard InChI is InChI=1S/C31H53N5O3/c1-22(2)24(20-34(9)21-25(37)36-18-14-15-19-36)35(10)29(39)27(30(3,4)5)33-28(38)26(32-8)31(6,7)23-16-12-11-13-17-23/h11-13,16-17,22,24,26-27,32H,14-15,18-21H2,1-10H3,(H,33,38)/t24-,26-,27?/m1/s1. The van der Waals surface area contributed by atoms with Crippen molar-refractivity contribution in [2.24, 2.45) is 11.3 Å². The molecule has 3 amide bonds. The van der Waals surface area contributed by atoms with Crippen molar-refractivity contribution in [3.8, 4) is 0 Å². The second-order valence-electron chi connectivity index (χ2n) is 13.2. The van der Waals surface area contributed by atoms with Crippen LogP contribution in [0.25, 0.3) is 0 Å². The zero-order chi connectivity index (χ0) is 29.5. The third-order valence-electron chi connectivity index (χ3n) is 8.17. The molecule has 1 saturated heterocycles. The highest BCUT2D eigenvalue weighted by Crippen LogP contribution is 2.29. The Morgan fingerprint density at radius 2 is 1.51 bits per heavy atom. The summed E-state index contributed by atoms with van der Waals surface area (Å²) in [7, 11) is 5.54. The summed E-state index contributed by atoms with van der Waals surface area (Å²) in [5.41, 5.74) is 0.0411. The number of likely N-dealkylation sites (N-methyl/N-ethyl adjacent to an activating group) is 3.